The van der Waals surface area contributed by atoms with Crippen molar-refractivity contribution in [3.8, 4) is 5.82 Å². The second-order valence-corrected chi connectivity index (χ2v) is 18.8. The van der Waals surface area contributed by atoms with Crippen LogP contribution in [0.3, 0.4) is 0 Å². The van der Waals surface area contributed by atoms with Crippen molar-refractivity contribution in [1.29, 1.82) is 0 Å². The first-order valence-electron chi connectivity index (χ1n) is 19.6. The Hall–Kier alpha value is -4.66. The zero-order valence-electron chi connectivity index (χ0n) is 34.7. The molecule has 0 atom stereocenters. The summed E-state index contributed by atoms with van der Waals surface area (Å²) in [6.45, 7) is 27.3. The van der Waals surface area contributed by atoms with Gasteiger partial charge in [-0.25, -0.2) is 4.98 Å². The van der Waals surface area contributed by atoms with Crippen molar-refractivity contribution in [2.24, 2.45) is 0 Å². The van der Waals surface area contributed by atoms with Gasteiger partial charge >= 0.3 is 0 Å². The molecule has 1 aliphatic heterocycles. The molecule has 8 rings (SSSR count). The van der Waals surface area contributed by atoms with Crippen LogP contribution in [0.2, 0.25) is 0 Å². The van der Waals surface area contributed by atoms with Crippen LogP contribution in [0.5, 0.6) is 0 Å². The molecule has 0 unspecified atom stereocenters. The molecule has 0 spiro atoms. The minimum Gasteiger partial charge on any atom is -0.493 e. The van der Waals surface area contributed by atoms with E-state index in [1.165, 1.54) is 27.5 Å². The Balaban J connectivity index is 0.00000480. The molecule has 0 N–H and O–H groups in total. The summed E-state index contributed by atoms with van der Waals surface area (Å²) in [5.74, 6) is 0.911. The van der Waals surface area contributed by atoms with E-state index in [9.17, 15) is 0 Å². The molecule has 5 aromatic carbocycles. The van der Waals surface area contributed by atoms with Gasteiger partial charge < -0.3 is 14.4 Å². The Labute approximate surface area is 348 Å². The first-order chi connectivity index (χ1) is 25.9. The van der Waals surface area contributed by atoms with E-state index in [1.807, 2.05) is 6.20 Å². The van der Waals surface area contributed by atoms with E-state index in [-0.39, 0.29) is 37.3 Å². The van der Waals surface area contributed by atoms with Gasteiger partial charge in [0, 0.05) is 49.8 Å². The SMILES string of the molecule is CC(C)(C)c1cc(N2[CH-]N(c3cccc(C(C)(C)C)c3)c3ccccc32)[c-]c(C(C)(C)c2[c-]c3c(cc2)c2ccccc2n3-c2cc(C(C)(C)C)ccn2)c1.[Pt]. The van der Waals surface area contributed by atoms with Crippen molar-refractivity contribution >= 4 is 44.6 Å². The van der Waals surface area contributed by atoms with Gasteiger partial charge in [0.05, 0.1) is 0 Å². The second-order valence-electron chi connectivity index (χ2n) is 18.8. The molecule has 0 radical (unpaired) electrons. The van der Waals surface area contributed by atoms with Gasteiger partial charge in [0.2, 0.25) is 0 Å². The maximum Gasteiger partial charge on any atom is 0.135 e. The van der Waals surface area contributed by atoms with Crippen LogP contribution in [0.15, 0.2) is 115 Å². The number of nitrogens with zero attached hydrogens (tertiary/aromatic N) is 4. The van der Waals surface area contributed by atoms with Gasteiger partial charge in [-0.15, -0.1) is 23.8 Å². The van der Waals surface area contributed by atoms with E-state index in [0.717, 1.165) is 50.7 Å². The fourth-order valence-corrected chi connectivity index (χ4v) is 7.73. The molecule has 0 aliphatic carbocycles. The van der Waals surface area contributed by atoms with Crippen LogP contribution in [0.25, 0.3) is 27.6 Å². The monoisotopic (exact) mass is 916 g/mol. The number of fused-ring (bicyclic) bond motifs is 4. The van der Waals surface area contributed by atoms with Crippen LogP contribution in [0.1, 0.15) is 104 Å². The summed E-state index contributed by atoms with van der Waals surface area (Å²) in [7, 11) is 0. The standard InChI is InChI=1S/C51H53N4.Pt/c1-48(2,3)34-17-16-18-39(28-34)53-33-54(45-22-15-14-21-44(45)53)40-29-37(50(7,8)9)27-38(30-40)51(10,11)36-23-24-42-41-19-12-13-20-43(41)55(46(42)31-36)47-32-35(25-26-52-47)49(4,5)6;/h12-29,32-33H,1-11H3;/q-3;. The first-order valence-corrected chi connectivity index (χ1v) is 19.6. The summed E-state index contributed by atoms with van der Waals surface area (Å²) in [5, 5.41) is 2.37. The minimum absolute atomic E-state index is 0. The first kappa shape index (κ1) is 39.6. The predicted molar refractivity (Wildman–Crippen MR) is 232 cm³/mol. The Morgan fingerprint density at radius 1 is 0.536 bits per heavy atom. The van der Waals surface area contributed by atoms with E-state index in [2.05, 4.69) is 219 Å². The molecular formula is C51H53N4Pt-3. The molecule has 0 fully saturated rings. The van der Waals surface area contributed by atoms with Crippen molar-refractivity contribution in [2.75, 3.05) is 9.80 Å². The summed E-state index contributed by atoms with van der Waals surface area (Å²) < 4.78 is 2.29. The second kappa shape index (κ2) is 14.1. The molecule has 56 heavy (non-hydrogen) atoms. The van der Waals surface area contributed by atoms with Gasteiger partial charge in [-0.05, 0) is 80.6 Å². The molecule has 0 saturated carbocycles. The Morgan fingerprint density at radius 3 is 1.88 bits per heavy atom. The number of pyridine rings is 1. The van der Waals surface area contributed by atoms with Gasteiger partial charge in [-0.2, -0.15) is 47.0 Å². The summed E-state index contributed by atoms with van der Waals surface area (Å²) in [5.41, 5.74) is 12.2. The summed E-state index contributed by atoms with van der Waals surface area (Å²) in [4.78, 5) is 9.55. The number of rotatable bonds is 5. The third-order valence-electron chi connectivity index (χ3n) is 11.4. The number of hydrogen-bond acceptors (Lipinski definition) is 3. The van der Waals surface area contributed by atoms with Crippen molar-refractivity contribution in [3.05, 3.63) is 162 Å². The number of anilines is 4. The van der Waals surface area contributed by atoms with Crippen molar-refractivity contribution in [1.82, 2.24) is 9.55 Å². The Morgan fingerprint density at radius 2 is 1.18 bits per heavy atom. The third-order valence-corrected chi connectivity index (χ3v) is 11.4. The molecule has 1 aliphatic rings. The molecule has 0 amide bonds. The van der Waals surface area contributed by atoms with Gasteiger partial charge in [-0.1, -0.05) is 124 Å². The molecule has 5 heteroatoms. The predicted octanol–water partition coefficient (Wildman–Crippen LogP) is 13.4. The zero-order valence-corrected chi connectivity index (χ0v) is 36.9. The molecule has 4 nitrogen and oxygen atoms in total. The fraction of sp³-hybridized carbons (Fsp3) is 0.294. The smallest absolute Gasteiger partial charge is 0.135 e. The molecule has 290 valence electrons. The van der Waals surface area contributed by atoms with Gasteiger partial charge in [0.25, 0.3) is 0 Å². The summed E-state index contributed by atoms with van der Waals surface area (Å²) in [6.07, 6.45) is 1.94. The molecule has 3 heterocycles. The van der Waals surface area contributed by atoms with Gasteiger partial charge in [-0.3, -0.25) is 0 Å². The molecule has 0 bridgehead atoms. The Kier molecular flexibility index (Phi) is 9.94. The maximum absolute atomic E-state index is 4.93. The van der Waals surface area contributed by atoms with Crippen LogP contribution in [0.4, 0.5) is 22.7 Å². The third kappa shape index (κ3) is 7.00. The van der Waals surface area contributed by atoms with Crippen LogP contribution >= 0.6 is 0 Å². The molecule has 2 aromatic heterocycles. The van der Waals surface area contributed by atoms with Crippen molar-refractivity contribution in [3.63, 3.8) is 0 Å². The van der Waals surface area contributed by atoms with E-state index in [4.69, 9.17) is 4.98 Å². The summed E-state index contributed by atoms with van der Waals surface area (Å²) in [6, 6.07) is 47.7. The topological polar surface area (TPSA) is 24.3 Å². The maximum atomic E-state index is 4.93. The van der Waals surface area contributed by atoms with E-state index in [1.54, 1.807) is 0 Å². The molecular weight excluding hydrogens is 864 g/mol. The normalized spacial score (nSPS) is 13.7. The van der Waals surface area contributed by atoms with Crippen molar-refractivity contribution in [2.45, 2.75) is 97.8 Å². The number of aromatic nitrogens is 2. The molecule has 7 aromatic rings. The number of hydrogen-bond donors (Lipinski definition) is 0. The van der Waals surface area contributed by atoms with Crippen LogP contribution < -0.4 is 9.80 Å². The summed E-state index contributed by atoms with van der Waals surface area (Å²) >= 11 is 0. The van der Waals surface area contributed by atoms with Crippen LogP contribution in [-0.2, 0) is 42.7 Å². The fourth-order valence-electron chi connectivity index (χ4n) is 7.73. The van der Waals surface area contributed by atoms with Crippen LogP contribution in [0, 0.1) is 18.8 Å². The van der Waals surface area contributed by atoms with Gasteiger partial charge in [0.15, 0.2) is 0 Å². The average Bonchev–Trinajstić information content (AvgIpc) is 3.70. The Bertz CT molecular complexity index is 2570. The number of para-hydroxylation sites is 3. The minimum atomic E-state index is -0.424. The van der Waals surface area contributed by atoms with Crippen molar-refractivity contribution < 1.29 is 21.1 Å². The van der Waals surface area contributed by atoms with E-state index >= 15 is 0 Å². The van der Waals surface area contributed by atoms with Crippen LogP contribution in [-0.4, -0.2) is 9.55 Å². The molecule has 0 saturated heterocycles. The average molecular weight is 917 g/mol. The largest absolute Gasteiger partial charge is 0.493 e. The van der Waals surface area contributed by atoms with Gasteiger partial charge in [0.1, 0.15) is 5.82 Å². The quantitative estimate of drug-likeness (QED) is 0.161. The van der Waals surface area contributed by atoms with E-state index in [0.29, 0.717) is 0 Å². The number of benzene rings is 5. The van der Waals surface area contributed by atoms with E-state index < -0.39 is 5.41 Å². The zero-order chi connectivity index (χ0) is 39.1.